The molecule has 2 saturated heterocycles. The molecule has 2 aliphatic heterocycles. The molecule has 224 valence electrons. The minimum atomic E-state index is -0.710. The van der Waals surface area contributed by atoms with Gasteiger partial charge in [-0.05, 0) is 107 Å². The number of aromatic nitrogens is 1. The summed E-state index contributed by atoms with van der Waals surface area (Å²) in [7, 11) is 0. The number of halogens is 3. The molecular weight excluding hydrogens is 595 g/mol. The van der Waals surface area contributed by atoms with Crippen LogP contribution in [0.2, 0.25) is 15.1 Å². The lowest BCUT2D eigenvalue weighted by Crippen LogP contribution is -2.63. The number of aliphatic hydroxyl groups is 1. The average molecular weight is 632 g/mol. The largest absolute Gasteiger partial charge is 0.396 e. The van der Waals surface area contributed by atoms with E-state index in [2.05, 4.69) is 9.47 Å². The van der Waals surface area contributed by atoms with E-state index < -0.39 is 5.54 Å². The maximum atomic E-state index is 14.3. The Labute approximate surface area is 262 Å². The summed E-state index contributed by atoms with van der Waals surface area (Å²) in [5.41, 5.74) is 9.06. The number of hydrogen-bond acceptors (Lipinski definition) is 4. The summed E-state index contributed by atoms with van der Waals surface area (Å²) in [5, 5.41) is 11.1. The second-order valence-corrected chi connectivity index (χ2v) is 12.5. The van der Waals surface area contributed by atoms with Crippen molar-refractivity contribution >= 4 is 46.6 Å². The first kappa shape index (κ1) is 30.9. The molecule has 2 amide bonds. The summed E-state index contributed by atoms with van der Waals surface area (Å²) in [6.45, 7) is 2.68. The van der Waals surface area contributed by atoms with E-state index in [4.69, 9.17) is 40.5 Å². The van der Waals surface area contributed by atoms with E-state index in [1.807, 2.05) is 41.3 Å². The van der Waals surface area contributed by atoms with Crippen LogP contribution in [0.15, 0.2) is 48.5 Å². The molecule has 3 heterocycles. The van der Waals surface area contributed by atoms with Crippen LogP contribution in [-0.4, -0.2) is 69.6 Å². The zero-order chi connectivity index (χ0) is 29.9. The molecule has 10 heteroatoms. The Kier molecular flexibility index (Phi) is 9.85. The average Bonchev–Trinajstić information content (AvgIpc) is 3.36. The molecule has 5 rings (SSSR count). The van der Waals surface area contributed by atoms with Crippen molar-refractivity contribution < 1.29 is 14.7 Å². The molecule has 0 aliphatic carbocycles. The van der Waals surface area contributed by atoms with Crippen molar-refractivity contribution in [3.63, 3.8) is 0 Å². The summed E-state index contributed by atoms with van der Waals surface area (Å²) in [6, 6.07) is 14.7. The first-order chi connectivity index (χ1) is 20.2. The van der Waals surface area contributed by atoms with Crippen LogP contribution in [0.1, 0.15) is 61.0 Å². The number of rotatable bonds is 9. The number of unbranched alkanes of at least 4 members (excludes halogenated alkanes) is 1. The fourth-order valence-electron chi connectivity index (χ4n) is 6.46. The smallest absolute Gasteiger partial charge is 0.255 e. The summed E-state index contributed by atoms with van der Waals surface area (Å²) < 4.78 is 2.06. The van der Waals surface area contributed by atoms with Crippen LogP contribution in [0.3, 0.4) is 0 Å². The van der Waals surface area contributed by atoms with Crippen molar-refractivity contribution in [3.05, 3.63) is 74.9 Å². The number of primary amides is 1. The Morgan fingerprint density at radius 1 is 0.857 bits per heavy atom. The van der Waals surface area contributed by atoms with E-state index in [1.165, 1.54) is 6.42 Å². The second-order valence-electron chi connectivity index (χ2n) is 11.2. The van der Waals surface area contributed by atoms with Crippen molar-refractivity contribution in [1.29, 1.82) is 0 Å². The van der Waals surface area contributed by atoms with Gasteiger partial charge in [-0.25, -0.2) is 0 Å². The predicted molar refractivity (Wildman–Crippen MR) is 169 cm³/mol. The van der Waals surface area contributed by atoms with E-state index in [0.717, 1.165) is 48.6 Å². The number of benzene rings is 2. The van der Waals surface area contributed by atoms with Gasteiger partial charge in [-0.15, -0.1) is 0 Å². The molecule has 2 aromatic carbocycles. The molecule has 7 nitrogen and oxygen atoms in total. The van der Waals surface area contributed by atoms with Crippen LogP contribution in [0.5, 0.6) is 0 Å². The van der Waals surface area contributed by atoms with Gasteiger partial charge in [0.15, 0.2) is 0 Å². The summed E-state index contributed by atoms with van der Waals surface area (Å²) in [4.78, 5) is 31.2. The van der Waals surface area contributed by atoms with E-state index in [9.17, 15) is 14.7 Å². The van der Waals surface area contributed by atoms with E-state index >= 15 is 0 Å². The third kappa shape index (κ3) is 6.22. The van der Waals surface area contributed by atoms with Gasteiger partial charge in [-0.1, -0.05) is 41.2 Å². The molecule has 3 aromatic rings. The Morgan fingerprint density at radius 2 is 1.52 bits per heavy atom. The number of amides is 2. The summed E-state index contributed by atoms with van der Waals surface area (Å²) >= 11 is 19.2. The van der Waals surface area contributed by atoms with Gasteiger partial charge in [0.1, 0.15) is 5.54 Å². The first-order valence-corrected chi connectivity index (χ1v) is 15.8. The van der Waals surface area contributed by atoms with Crippen LogP contribution in [0.25, 0.3) is 16.9 Å². The highest BCUT2D eigenvalue weighted by Crippen LogP contribution is 2.38. The monoisotopic (exact) mass is 630 g/mol. The van der Waals surface area contributed by atoms with Crippen molar-refractivity contribution in [2.24, 2.45) is 5.73 Å². The lowest BCUT2D eigenvalue weighted by atomic mass is 9.83. The van der Waals surface area contributed by atoms with Crippen molar-refractivity contribution in [2.75, 3.05) is 32.8 Å². The highest BCUT2D eigenvalue weighted by molar-refractivity contribution is 6.36. The fraction of sp³-hybridized carbons (Fsp3) is 0.438. The number of nitrogens with two attached hydrogens (primary N) is 1. The first-order valence-electron chi connectivity index (χ1n) is 14.7. The van der Waals surface area contributed by atoms with E-state index in [0.29, 0.717) is 65.8 Å². The van der Waals surface area contributed by atoms with Crippen molar-refractivity contribution in [3.8, 4) is 16.9 Å². The molecule has 0 spiro atoms. The molecule has 0 bridgehead atoms. The molecule has 0 atom stereocenters. The topological polar surface area (TPSA) is 91.8 Å². The van der Waals surface area contributed by atoms with Crippen molar-refractivity contribution in [1.82, 2.24) is 14.4 Å². The van der Waals surface area contributed by atoms with Gasteiger partial charge in [0.05, 0.1) is 16.3 Å². The molecule has 0 unspecified atom stereocenters. The second kappa shape index (κ2) is 13.4. The Bertz CT molecular complexity index is 1430. The lowest BCUT2D eigenvalue weighted by molar-refractivity contribution is -0.134. The number of hydrogen-bond donors (Lipinski definition) is 2. The maximum Gasteiger partial charge on any atom is 0.255 e. The standard InChI is InChI=1S/C32H37Cl3N4O3/c33-22-7-10-24(11-8-22)39-28(6-2-5-19-40)26(21-29(39)25-12-9-23(34)20-27(25)35)30(41)37-17-13-32(14-18-37,31(36)42)38-15-3-1-4-16-38/h7-12,20-21,40H,1-6,13-19H2,(H2,36,42). The quantitative estimate of drug-likeness (QED) is 0.269. The number of piperidine rings is 2. The number of aliphatic hydroxyl groups excluding tert-OH is 1. The number of likely N-dealkylation sites (tertiary alicyclic amines) is 2. The molecular formula is C32H37Cl3N4O3. The fourth-order valence-corrected chi connectivity index (χ4v) is 7.09. The highest BCUT2D eigenvalue weighted by Gasteiger charge is 2.46. The summed E-state index contributed by atoms with van der Waals surface area (Å²) in [5.74, 6) is -0.389. The predicted octanol–water partition coefficient (Wildman–Crippen LogP) is 6.37. The van der Waals surface area contributed by atoms with Gasteiger partial charge in [0.2, 0.25) is 5.91 Å². The number of nitrogens with zero attached hydrogens (tertiary/aromatic N) is 3. The van der Waals surface area contributed by atoms with E-state index in [-0.39, 0.29) is 18.4 Å². The summed E-state index contributed by atoms with van der Waals surface area (Å²) in [6.07, 6.45) is 6.19. The molecule has 0 saturated carbocycles. The van der Waals surface area contributed by atoms with Gasteiger partial charge in [-0.3, -0.25) is 14.5 Å². The normalized spacial score (nSPS) is 17.4. The Balaban J connectivity index is 1.55. The SMILES string of the molecule is NC(=O)C1(N2CCCCC2)CCN(C(=O)c2cc(-c3ccc(Cl)cc3Cl)n(-c3ccc(Cl)cc3)c2CCCCO)CC1. The van der Waals surface area contributed by atoms with Gasteiger partial charge in [0, 0.05) is 46.7 Å². The van der Waals surface area contributed by atoms with Gasteiger partial charge in [-0.2, -0.15) is 0 Å². The molecule has 2 aliphatic rings. The van der Waals surface area contributed by atoms with Gasteiger partial charge < -0.3 is 20.3 Å². The molecule has 42 heavy (non-hydrogen) atoms. The minimum absolute atomic E-state index is 0.0681. The Hall–Kier alpha value is -2.55. The molecule has 2 fully saturated rings. The molecule has 0 radical (unpaired) electrons. The van der Waals surface area contributed by atoms with Crippen LogP contribution < -0.4 is 5.73 Å². The van der Waals surface area contributed by atoms with Crippen LogP contribution in [0.4, 0.5) is 0 Å². The zero-order valence-corrected chi connectivity index (χ0v) is 25.9. The molecule has 1 aromatic heterocycles. The van der Waals surface area contributed by atoms with Crippen molar-refractivity contribution in [2.45, 2.75) is 56.9 Å². The lowest BCUT2D eigenvalue weighted by Gasteiger charge is -2.48. The maximum absolute atomic E-state index is 14.3. The van der Waals surface area contributed by atoms with E-state index in [1.54, 1.807) is 12.1 Å². The number of carbonyl (C=O) groups excluding carboxylic acids is 2. The molecule has 3 N–H and O–H groups in total. The zero-order valence-electron chi connectivity index (χ0n) is 23.6. The highest BCUT2D eigenvalue weighted by atomic mass is 35.5. The van der Waals surface area contributed by atoms with Crippen LogP contribution in [0, 0.1) is 0 Å². The third-order valence-electron chi connectivity index (χ3n) is 8.74. The third-order valence-corrected chi connectivity index (χ3v) is 9.54. The van der Waals surface area contributed by atoms with Crippen LogP contribution in [-0.2, 0) is 11.2 Å². The minimum Gasteiger partial charge on any atom is -0.396 e. The van der Waals surface area contributed by atoms with Gasteiger partial charge >= 0.3 is 0 Å². The van der Waals surface area contributed by atoms with Crippen LogP contribution >= 0.6 is 34.8 Å². The van der Waals surface area contributed by atoms with Gasteiger partial charge in [0.25, 0.3) is 5.91 Å². The number of carbonyl (C=O) groups is 2. The Morgan fingerprint density at radius 3 is 2.14 bits per heavy atom.